The maximum atomic E-state index is 13.0. The number of carbonyl (C=O) groups is 2. The van der Waals surface area contributed by atoms with E-state index in [1.54, 1.807) is 12.1 Å². The van der Waals surface area contributed by atoms with Crippen LogP contribution in [0.15, 0.2) is 24.3 Å². The van der Waals surface area contributed by atoms with Crippen LogP contribution in [-0.4, -0.2) is 24.5 Å². The van der Waals surface area contributed by atoms with E-state index < -0.39 is 6.04 Å². The standard InChI is InChI=1S/C14H18FN3O2/c1-8(2)12(9-3-5-10(15)6-4-9)18-13(19)11-7-16-14(20)17-11/h3-6,8,11-12H,7H2,1-2H3,(H,18,19)(H2,16,17,20)/t11-,12-/m0/s1. The van der Waals surface area contributed by atoms with Crippen LogP contribution >= 0.6 is 0 Å². The minimum atomic E-state index is -0.566. The Morgan fingerprint density at radius 3 is 2.50 bits per heavy atom. The summed E-state index contributed by atoms with van der Waals surface area (Å²) in [5.74, 6) is -0.407. The summed E-state index contributed by atoms with van der Waals surface area (Å²) in [6.07, 6.45) is 0. The van der Waals surface area contributed by atoms with Gasteiger partial charge in [-0.15, -0.1) is 0 Å². The Morgan fingerprint density at radius 1 is 1.35 bits per heavy atom. The Kier molecular flexibility index (Phi) is 4.22. The Hall–Kier alpha value is -2.11. The molecule has 20 heavy (non-hydrogen) atoms. The smallest absolute Gasteiger partial charge is 0.315 e. The van der Waals surface area contributed by atoms with Crippen molar-refractivity contribution in [3.8, 4) is 0 Å². The molecule has 2 rings (SSSR count). The number of amides is 3. The predicted octanol–water partition coefficient (Wildman–Crippen LogP) is 1.32. The summed E-state index contributed by atoms with van der Waals surface area (Å²) < 4.78 is 13.0. The van der Waals surface area contributed by atoms with E-state index in [1.807, 2.05) is 13.8 Å². The lowest BCUT2D eigenvalue weighted by Gasteiger charge is -2.24. The molecule has 1 aliphatic heterocycles. The van der Waals surface area contributed by atoms with Gasteiger partial charge < -0.3 is 16.0 Å². The number of nitrogens with one attached hydrogen (secondary N) is 3. The minimum absolute atomic E-state index is 0.148. The largest absolute Gasteiger partial charge is 0.347 e. The third-order valence-corrected chi connectivity index (χ3v) is 3.28. The van der Waals surface area contributed by atoms with Crippen LogP contribution in [0.1, 0.15) is 25.5 Å². The second-order valence-corrected chi connectivity index (χ2v) is 5.19. The highest BCUT2D eigenvalue weighted by Crippen LogP contribution is 2.22. The van der Waals surface area contributed by atoms with Gasteiger partial charge in [-0.1, -0.05) is 26.0 Å². The molecule has 0 unspecified atom stereocenters. The van der Waals surface area contributed by atoms with Crippen molar-refractivity contribution in [2.75, 3.05) is 6.54 Å². The molecule has 108 valence electrons. The second-order valence-electron chi connectivity index (χ2n) is 5.19. The van der Waals surface area contributed by atoms with E-state index in [1.165, 1.54) is 12.1 Å². The normalized spacial score (nSPS) is 19.4. The van der Waals surface area contributed by atoms with E-state index in [2.05, 4.69) is 16.0 Å². The average Bonchev–Trinajstić information content (AvgIpc) is 2.83. The molecule has 3 N–H and O–H groups in total. The molecule has 6 heteroatoms. The molecule has 1 aliphatic rings. The lowest BCUT2D eigenvalue weighted by atomic mass is 9.95. The third kappa shape index (κ3) is 3.26. The summed E-state index contributed by atoms with van der Waals surface area (Å²) in [5, 5.41) is 7.97. The maximum Gasteiger partial charge on any atom is 0.315 e. The molecular formula is C14H18FN3O2. The van der Waals surface area contributed by atoms with Gasteiger partial charge in [0.05, 0.1) is 6.04 Å². The van der Waals surface area contributed by atoms with Crippen molar-refractivity contribution in [3.63, 3.8) is 0 Å². The molecule has 1 aromatic carbocycles. The van der Waals surface area contributed by atoms with E-state index in [0.717, 1.165) is 5.56 Å². The number of hydrogen-bond donors (Lipinski definition) is 3. The van der Waals surface area contributed by atoms with Crippen LogP contribution < -0.4 is 16.0 Å². The molecule has 0 aromatic heterocycles. The fourth-order valence-electron chi connectivity index (χ4n) is 2.17. The van der Waals surface area contributed by atoms with E-state index in [0.29, 0.717) is 0 Å². The zero-order valence-electron chi connectivity index (χ0n) is 11.4. The summed E-state index contributed by atoms with van der Waals surface area (Å²) in [7, 11) is 0. The van der Waals surface area contributed by atoms with E-state index in [4.69, 9.17) is 0 Å². The zero-order chi connectivity index (χ0) is 14.7. The van der Waals surface area contributed by atoms with Crippen LogP contribution in [0.2, 0.25) is 0 Å². The Morgan fingerprint density at radius 2 is 2.00 bits per heavy atom. The van der Waals surface area contributed by atoms with Gasteiger partial charge in [0.25, 0.3) is 0 Å². The number of carbonyl (C=O) groups excluding carboxylic acids is 2. The highest BCUT2D eigenvalue weighted by Gasteiger charge is 2.29. The summed E-state index contributed by atoms with van der Waals surface area (Å²) in [5.41, 5.74) is 0.840. The van der Waals surface area contributed by atoms with Gasteiger partial charge in [-0.3, -0.25) is 4.79 Å². The number of hydrogen-bond acceptors (Lipinski definition) is 2. The summed E-state index contributed by atoms with van der Waals surface area (Å²) in [6.45, 7) is 4.22. The van der Waals surface area contributed by atoms with E-state index in [9.17, 15) is 14.0 Å². The number of urea groups is 1. The average molecular weight is 279 g/mol. The SMILES string of the molecule is CC(C)[C@H](NC(=O)[C@@H]1CNC(=O)N1)c1ccc(F)cc1. The van der Waals surface area contributed by atoms with Crippen LogP contribution in [0, 0.1) is 11.7 Å². The summed E-state index contributed by atoms with van der Waals surface area (Å²) >= 11 is 0. The fraction of sp³-hybridized carbons (Fsp3) is 0.429. The molecule has 0 bridgehead atoms. The molecule has 5 nitrogen and oxygen atoms in total. The molecule has 1 heterocycles. The predicted molar refractivity (Wildman–Crippen MR) is 72.4 cm³/mol. The quantitative estimate of drug-likeness (QED) is 0.778. The highest BCUT2D eigenvalue weighted by atomic mass is 19.1. The summed E-state index contributed by atoms with van der Waals surface area (Å²) in [6, 6.07) is 4.93. The Bertz CT molecular complexity index is 502. The van der Waals surface area contributed by atoms with Crippen LogP contribution in [0.5, 0.6) is 0 Å². The van der Waals surface area contributed by atoms with Crippen molar-refractivity contribution in [1.29, 1.82) is 0 Å². The number of benzene rings is 1. The van der Waals surface area contributed by atoms with E-state index in [-0.39, 0.29) is 36.3 Å². The van der Waals surface area contributed by atoms with Crippen molar-refractivity contribution in [2.24, 2.45) is 5.92 Å². The van der Waals surface area contributed by atoms with Crippen LogP contribution in [0.4, 0.5) is 9.18 Å². The van der Waals surface area contributed by atoms with Crippen LogP contribution in [-0.2, 0) is 4.79 Å². The van der Waals surface area contributed by atoms with Gasteiger partial charge in [-0.2, -0.15) is 0 Å². The van der Waals surface area contributed by atoms with Gasteiger partial charge in [0.2, 0.25) is 5.91 Å². The first-order chi connectivity index (χ1) is 9.47. The molecule has 3 amide bonds. The number of rotatable bonds is 4. The van der Waals surface area contributed by atoms with Gasteiger partial charge in [0, 0.05) is 6.54 Å². The first-order valence-electron chi connectivity index (χ1n) is 6.57. The molecule has 0 saturated carbocycles. The molecule has 0 radical (unpaired) electrons. The zero-order valence-corrected chi connectivity index (χ0v) is 11.4. The maximum absolute atomic E-state index is 13.0. The lowest BCUT2D eigenvalue weighted by molar-refractivity contribution is -0.123. The van der Waals surface area contributed by atoms with Crippen molar-refractivity contribution >= 4 is 11.9 Å². The molecule has 1 saturated heterocycles. The van der Waals surface area contributed by atoms with E-state index >= 15 is 0 Å². The molecule has 1 aromatic rings. The number of halogens is 1. The monoisotopic (exact) mass is 279 g/mol. The van der Waals surface area contributed by atoms with Crippen LogP contribution in [0.3, 0.4) is 0 Å². The van der Waals surface area contributed by atoms with Gasteiger partial charge in [0.15, 0.2) is 0 Å². The third-order valence-electron chi connectivity index (χ3n) is 3.28. The minimum Gasteiger partial charge on any atom is -0.347 e. The van der Waals surface area contributed by atoms with Crippen LogP contribution in [0.25, 0.3) is 0 Å². The topological polar surface area (TPSA) is 70.2 Å². The van der Waals surface area contributed by atoms with Crippen molar-refractivity contribution in [2.45, 2.75) is 25.9 Å². The van der Waals surface area contributed by atoms with Gasteiger partial charge in [-0.05, 0) is 23.6 Å². The first kappa shape index (κ1) is 14.3. The van der Waals surface area contributed by atoms with Crippen molar-refractivity contribution in [3.05, 3.63) is 35.6 Å². The van der Waals surface area contributed by atoms with Crippen molar-refractivity contribution < 1.29 is 14.0 Å². The molecule has 1 fully saturated rings. The Balaban J connectivity index is 2.08. The van der Waals surface area contributed by atoms with Gasteiger partial charge in [-0.25, -0.2) is 9.18 Å². The Labute approximate surface area is 116 Å². The van der Waals surface area contributed by atoms with Crippen molar-refractivity contribution in [1.82, 2.24) is 16.0 Å². The second kappa shape index (κ2) is 5.90. The summed E-state index contributed by atoms with van der Waals surface area (Å²) in [4.78, 5) is 23.1. The molecule has 0 aliphatic carbocycles. The fourth-order valence-corrected chi connectivity index (χ4v) is 2.17. The van der Waals surface area contributed by atoms with Gasteiger partial charge >= 0.3 is 6.03 Å². The van der Waals surface area contributed by atoms with Gasteiger partial charge in [0.1, 0.15) is 11.9 Å². The lowest BCUT2D eigenvalue weighted by Crippen LogP contribution is -2.45. The first-order valence-corrected chi connectivity index (χ1v) is 6.57. The molecule has 2 atom stereocenters. The molecular weight excluding hydrogens is 261 g/mol. The highest BCUT2D eigenvalue weighted by molar-refractivity contribution is 5.90. The molecule has 0 spiro atoms.